The number of benzene rings is 1. The number of methoxy groups -OCH3 is 1. The summed E-state index contributed by atoms with van der Waals surface area (Å²) in [5, 5.41) is 0. The molecular weight excluding hydrogens is 252 g/mol. The molecule has 20 heavy (non-hydrogen) atoms. The fraction of sp³-hybridized carbons (Fsp3) is 0.562. The summed E-state index contributed by atoms with van der Waals surface area (Å²) in [6.45, 7) is 7.26. The molecule has 4 heteroatoms. The first-order valence-corrected chi connectivity index (χ1v) is 7.16. The summed E-state index contributed by atoms with van der Waals surface area (Å²) < 4.78 is 5.11. The van der Waals surface area contributed by atoms with E-state index >= 15 is 0 Å². The zero-order valence-electron chi connectivity index (χ0n) is 12.9. The lowest BCUT2D eigenvalue weighted by molar-refractivity contribution is -0.135. The number of hydrogen-bond donors (Lipinski definition) is 1. The lowest BCUT2D eigenvalue weighted by atomic mass is 9.98. The molecule has 0 heterocycles. The van der Waals surface area contributed by atoms with Gasteiger partial charge in [0.2, 0.25) is 5.91 Å². The van der Waals surface area contributed by atoms with Crippen molar-refractivity contribution in [3.8, 4) is 0 Å². The molecule has 2 unspecified atom stereocenters. The number of nitrogens with two attached hydrogens (primary N) is 1. The van der Waals surface area contributed by atoms with Crippen LogP contribution in [0.25, 0.3) is 0 Å². The minimum Gasteiger partial charge on any atom is -0.399 e. The molecule has 1 aromatic carbocycles. The quantitative estimate of drug-likeness (QED) is 0.780. The van der Waals surface area contributed by atoms with Gasteiger partial charge < -0.3 is 15.4 Å². The van der Waals surface area contributed by atoms with Gasteiger partial charge in [-0.3, -0.25) is 4.79 Å². The van der Waals surface area contributed by atoms with Crippen molar-refractivity contribution in [2.45, 2.75) is 39.2 Å². The van der Waals surface area contributed by atoms with E-state index < -0.39 is 0 Å². The molecule has 4 nitrogen and oxygen atoms in total. The molecule has 0 saturated carbocycles. The number of carbonyl (C=O) groups is 1. The summed E-state index contributed by atoms with van der Waals surface area (Å²) in [6, 6.07) is 7.74. The third kappa shape index (κ3) is 4.23. The molecule has 1 amide bonds. The minimum absolute atomic E-state index is 0.127. The van der Waals surface area contributed by atoms with Crippen molar-refractivity contribution in [1.29, 1.82) is 0 Å². The van der Waals surface area contributed by atoms with E-state index in [1.165, 1.54) is 0 Å². The fourth-order valence-electron chi connectivity index (χ4n) is 2.18. The van der Waals surface area contributed by atoms with E-state index in [2.05, 4.69) is 13.8 Å². The van der Waals surface area contributed by atoms with Gasteiger partial charge in [-0.25, -0.2) is 0 Å². The van der Waals surface area contributed by atoms with Gasteiger partial charge in [0.25, 0.3) is 0 Å². The Hall–Kier alpha value is -1.55. The van der Waals surface area contributed by atoms with Crippen molar-refractivity contribution < 1.29 is 9.53 Å². The van der Waals surface area contributed by atoms with Crippen molar-refractivity contribution in [3.05, 3.63) is 29.8 Å². The van der Waals surface area contributed by atoms with Gasteiger partial charge in [0.05, 0.1) is 12.5 Å². The number of nitrogens with zero attached hydrogens (tertiary/aromatic N) is 1. The van der Waals surface area contributed by atoms with Crippen LogP contribution in [-0.2, 0) is 9.53 Å². The highest BCUT2D eigenvalue weighted by molar-refractivity contribution is 5.83. The van der Waals surface area contributed by atoms with Crippen molar-refractivity contribution in [2.75, 3.05) is 26.0 Å². The summed E-state index contributed by atoms with van der Waals surface area (Å²) in [5.41, 5.74) is 7.44. The van der Waals surface area contributed by atoms with E-state index in [1.807, 2.05) is 36.1 Å². The minimum atomic E-state index is -0.190. The Bertz CT molecular complexity index is 434. The first-order valence-electron chi connectivity index (χ1n) is 7.16. The second kappa shape index (κ2) is 7.90. The number of rotatable bonds is 7. The van der Waals surface area contributed by atoms with Crippen LogP contribution in [0.15, 0.2) is 24.3 Å². The van der Waals surface area contributed by atoms with Crippen LogP contribution in [0, 0.1) is 0 Å². The molecular formula is C16H26N2O2. The molecule has 0 aliphatic rings. The van der Waals surface area contributed by atoms with Crippen molar-refractivity contribution in [3.63, 3.8) is 0 Å². The van der Waals surface area contributed by atoms with Crippen molar-refractivity contribution in [2.24, 2.45) is 0 Å². The highest BCUT2D eigenvalue weighted by Gasteiger charge is 2.24. The second-order valence-corrected chi connectivity index (χ2v) is 5.17. The SMILES string of the molecule is CCC(C)N(CCOC)C(=O)C(C)c1cccc(N)c1. The maximum absolute atomic E-state index is 12.7. The fourth-order valence-corrected chi connectivity index (χ4v) is 2.18. The van der Waals surface area contributed by atoms with Gasteiger partial charge in [-0.15, -0.1) is 0 Å². The van der Waals surface area contributed by atoms with Crippen molar-refractivity contribution >= 4 is 11.6 Å². The molecule has 1 rings (SSSR count). The molecule has 0 fully saturated rings. The highest BCUT2D eigenvalue weighted by Crippen LogP contribution is 2.21. The number of anilines is 1. The zero-order valence-corrected chi connectivity index (χ0v) is 12.9. The molecule has 0 saturated heterocycles. The molecule has 112 valence electrons. The molecule has 2 N–H and O–H groups in total. The number of amides is 1. The third-order valence-corrected chi connectivity index (χ3v) is 3.72. The Labute approximate surface area is 121 Å². The van der Waals surface area contributed by atoms with Gasteiger partial charge in [0, 0.05) is 25.4 Å². The van der Waals surface area contributed by atoms with Gasteiger partial charge >= 0.3 is 0 Å². The third-order valence-electron chi connectivity index (χ3n) is 3.72. The van der Waals surface area contributed by atoms with E-state index in [4.69, 9.17) is 10.5 Å². The Morgan fingerprint density at radius 2 is 2.10 bits per heavy atom. The van der Waals surface area contributed by atoms with E-state index in [0.717, 1.165) is 12.0 Å². The van der Waals surface area contributed by atoms with E-state index in [0.29, 0.717) is 18.8 Å². The first kappa shape index (κ1) is 16.5. The Morgan fingerprint density at radius 1 is 1.40 bits per heavy atom. The topological polar surface area (TPSA) is 55.6 Å². The second-order valence-electron chi connectivity index (χ2n) is 5.17. The summed E-state index contributed by atoms with van der Waals surface area (Å²) >= 11 is 0. The van der Waals surface area contributed by atoms with E-state index in [-0.39, 0.29) is 17.9 Å². The Balaban J connectivity index is 2.87. The largest absolute Gasteiger partial charge is 0.399 e. The maximum Gasteiger partial charge on any atom is 0.230 e. The summed E-state index contributed by atoms with van der Waals surface area (Å²) in [4.78, 5) is 14.6. The molecule has 0 radical (unpaired) electrons. The smallest absolute Gasteiger partial charge is 0.230 e. The number of nitrogen functional groups attached to an aromatic ring is 1. The summed E-state index contributed by atoms with van der Waals surface area (Å²) in [6.07, 6.45) is 0.930. The van der Waals surface area contributed by atoms with E-state index in [9.17, 15) is 4.79 Å². The van der Waals surface area contributed by atoms with Gasteiger partial charge in [-0.2, -0.15) is 0 Å². The first-order chi connectivity index (χ1) is 9.51. The number of hydrogen-bond acceptors (Lipinski definition) is 3. The Morgan fingerprint density at radius 3 is 2.65 bits per heavy atom. The molecule has 0 aliphatic carbocycles. The van der Waals surface area contributed by atoms with Crippen LogP contribution in [0.1, 0.15) is 38.7 Å². The van der Waals surface area contributed by atoms with Crippen LogP contribution in [-0.4, -0.2) is 37.1 Å². The number of carbonyl (C=O) groups excluding carboxylic acids is 1. The lowest BCUT2D eigenvalue weighted by Crippen LogP contribution is -2.42. The Kier molecular flexibility index (Phi) is 6.52. The lowest BCUT2D eigenvalue weighted by Gasteiger charge is -2.31. The molecule has 0 spiro atoms. The van der Waals surface area contributed by atoms with Gasteiger partial charge in [0.1, 0.15) is 0 Å². The molecule has 0 aliphatic heterocycles. The van der Waals surface area contributed by atoms with Crippen LogP contribution < -0.4 is 5.73 Å². The normalized spacial score (nSPS) is 13.8. The average molecular weight is 278 g/mol. The van der Waals surface area contributed by atoms with Gasteiger partial charge in [-0.05, 0) is 38.0 Å². The predicted molar refractivity (Wildman–Crippen MR) is 82.6 cm³/mol. The van der Waals surface area contributed by atoms with Gasteiger partial charge in [0.15, 0.2) is 0 Å². The molecule has 0 bridgehead atoms. The summed E-state index contributed by atoms with van der Waals surface area (Å²) in [7, 11) is 1.65. The summed E-state index contributed by atoms with van der Waals surface area (Å²) in [5.74, 6) is -0.0636. The molecule has 1 aromatic rings. The van der Waals surface area contributed by atoms with Crippen LogP contribution in [0.5, 0.6) is 0 Å². The van der Waals surface area contributed by atoms with Gasteiger partial charge in [-0.1, -0.05) is 19.1 Å². The van der Waals surface area contributed by atoms with Crippen LogP contribution in [0.3, 0.4) is 0 Å². The monoisotopic (exact) mass is 278 g/mol. The van der Waals surface area contributed by atoms with Crippen LogP contribution in [0.4, 0.5) is 5.69 Å². The van der Waals surface area contributed by atoms with E-state index in [1.54, 1.807) is 7.11 Å². The standard InChI is InChI=1S/C16H26N2O2/c1-5-12(2)18(9-10-20-4)16(19)13(3)14-7-6-8-15(17)11-14/h6-8,11-13H,5,9-10,17H2,1-4H3. The highest BCUT2D eigenvalue weighted by atomic mass is 16.5. The van der Waals surface area contributed by atoms with Crippen LogP contribution in [0.2, 0.25) is 0 Å². The van der Waals surface area contributed by atoms with Crippen molar-refractivity contribution in [1.82, 2.24) is 4.90 Å². The number of ether oxygens (including phenoxy) is 1. The average Bonchev–Trinajstić information content (AvgIpc) is 2.46. The maximum atomic E-state index is 12.7. The zero-order chi connectivity index (χ0) is 15.1. The molecule has 0 aromatic heterocycles. The predicted octanol–water partition coefficient (Wildman–Crippen LogP) is 2.65. The van der Waals surface area contributed by atoms with Crippen LogP contribution >= 0.6 is 0 Å². The molecule has 2 atom stereocenters.